The normalized spacial score (nSPS) is 16.7. The van der Waals surface area contributed by atoms with E-state index in [0.29, 0.717) is 34.0 Å². The number of hydrogen-bond donors (Lipinski definition) is 0. The van der Waals surface area contributed by atoms with Crippen LogP contribution in [-0.2, 0) is 6.54 Å². The van der Waals surface area contributed by atoms with Crippen LogP contribution in [0.1, 0.15) is 54.8 Å². The first-order valence-corrected chi connectivity index (χ1v) is 13.7. The van der Waals surface area contributed by atoms with Gasteiger partial charge in [0.1, 0.15) is 0 Å². The lowest BCUT2D eigenvalue weighted by molar-refractivity contribution is 0.389. The third-order valence-corrected chi connectivity index (χ3v) is 6.88. The molecular weight excluding hydrogens is 493 g/mol. The zero-order valence-corrected chi connectivity index (χ0v) is 20.1. The van der Waals surface area contributed by atoms with E-state index in [1.54, 1.807) is 40.9 Å². The summed E-state index contributed by atoms with van der Waals surface area (Å²) >= 11 is 0. The third kappa shape index (κ3) is 5.54. The predicted molar refractivity (Wildman–Crippen MR) is 134 cm³/mol. The molecule has 188 valence electrons. The number of hydrogen-bond acceptors (Lipinski definition) is 2. The lowest BCUT2D eigenvalue weighted by Crippen LogP contribution is -2.07. The largest absolute Gasteiger partial charge is 0.345 e. The van der Waals surface area contributed by atoms with E-state index in [1.807, 2.05) is 30.3 Å². The van der Waals surface area contributed by atoms with Crippen molar-refractivity contribution in [3.05, 3.63) is 83.7 Å². The van der Waals surface area contributed by atoms with E-state index >= 15 is 0 Å². The van der Waals surface area contributed by atoms with Gasteiger partial charge in [-0.05, 0) is 29.9 Å². The summed E-state index contributed by atoms with van der Waals surface area (Å²) in [6.07, 6.45) is 6.10. The Morgan fingerprint density at radius 3 is 2.14 bits per heavy atom. The van der Waals surface area contributed by atoms with Gasteiger partial charge in [0.15, 0.2) is 5.65 Å². The molecule has 0 aliphatic heterocycles. The molecule has 1 aliphatic rings. The van der Waals surface area contributed by atoms with Gasteiger partial charge in [-0.3, -0.25) is 0 Å². The molecule has 2 aromatic carbocycles. The molecule has 0 unspecified atom stereocenters. The second-order valence-corrected chi connectivity index (χ2v) is 11.3. The van der Waals surface area contributed by atoms with Crippen LogP contribution in [0.15, 0.2) is 66.9 Å². The maximum absolute atomic E-state index is 13.2. The second kappa shape index (κ2) is 8.34. The predicted octanol–water partition coefficient (Wildman–Crippen LogP) is 8.80. The van der Waals surface area contributed by atoms with Gasteiger partial charge in [0.05, 0.1) is 28.4 Å². The first-order chi connectivity index (χ1) is 17.0. The van der Waals surface area contributed by atoms with Crippen LogP contribution < -0.4 is 0 Å². The topological polar surface area (TPSA) is 30.7 Å². The van der Waals surface area contributed by atoms with E-state index in [0.717, 1.165) is 49.6 Å². The van der Waals surface area contributed by atoms with Crippen molar-refractivity contribution in [2.24, 2.45) is 0 Å². The average molecular weight is 518 g/mol. The molecule has 1 fully saturated rings. The Balaban J connectivity index is 1.80. The maximum atomic E-state index is 13.2. The molecule has 0 amide bonds. The molecule has 4 aromatic rings. The molecule has 2 heterocycles. The zero-order chi connectivity index (χ0) is 25.5. The number of halogens is 5. The van der Waals surface area contributed by atoms with Crippen molar-refractivity contribution in [3.8, 4) is 22.3 Å². The van der Waals surface area contributed by atoms with Crippen molar-refractivity contribution in [2.45, 2.75) is 44.6 Å². The lowest BCUT2D eigenvalue weighted by Gasteiger charge is -2.33. The molecule has 9 heteroatoms. The fourth-order valence-electron chi connectivity index (χ4n) is 4.85. The van der Waals surface area contributed by atoms with E-state index in [9.17, 15) is 19.4 Å². The minimum absolute atomic E-state index is 0.0985. The van der Waals surface area contributed by atoms with E-state index in [2.05, 4.69) is 4.98 Å². The standard InChI is InChI=1S/C27H24F5N3S/c28-36(29,30,31,32)17-16-23-18-33-27-25(24(23)21-12-6-2-7-13-21)26(22-14-8-3-9-15-22)34-35(27)19-20-10-4-1-5-11-20/h1-2,4-7,10-13,18,22H,3,8-9,14-15,19H2. The minimum Gasteiger partial charge on any atom is -0.243 e. The summed E-state index contributed by atoms with van der Waals surface area (Å²) in [6.45, 7) is 0.418. The van der Waals surface area contributed by atoms with Crippen molar-refractivity contribution in [3.63, 3.8) is 0 Å². The molecule has 0 atom stereocenters. The van der Waals surface area contributed by atoms with Crippen LogP contribution in [0.4, 0.5) is 19.4 Å². The summed E-state index contributed by atoms with van der Waals surface area (Å²) in [5.41, 5.74) is 2.96. The van der Waals surface area contributed by atoms with Crippen molar-refractivity contribution >= 4 is 21.3 Å². The molecule has 0 bridgehead atoms. The van der Waals surface area contributed by atoms with Gasteiger partial charge in [-0.1, -0.05) is 99.4 Å². The number of rotatable bonds is 4. The summed E-state index contributed by atoms with van der Waals surface area (Å²) in [7, 11) is -9.95. The van der Waals surface area contributed by atoms with Gasteiger partial charge in [0.25, 0.3) is 0 Å². The number of aromatic nitrogens is 3. The Bertz CT molecular complexity index is 1470. The Morgan fingerprint density at radius 2 is 1.50 bits per heavy atom. The Hall–Kier alpha value is -3.38. The first kappa shape index (κ1) is 24.3. The number of benzene rings is 2. The Labute approximate surface area is 206 Å². The Kier molecular flexibility index (Phi) is 5.63. The van der Waals surface area contributed by atoms with E-state index in [1.165, 1.54) is 0 Å². The molecule has 3 nitrogen and oxygen atoms in total. The third-order valence-electron chi connectivity index (χ3n) is 6.40. The summed E-state index contributed by atoms with van der Waals surface area (Å²) in [5.74, 6) is 1.84. The van der Waals surface area contributed by atoms with E-state index in [4.69, 9.17) is 5.10 Å². The zero-order valence-electron chi connectivity index (χ0n) is 19.3. The fraction of sp³-hybridized carbons (Fsp3) is 0.259. The van der Waals surface area contributed by atoms with Crippen LogP contribution in [0.3, 0.4) is 0 Å². The molecule has 0 radical (unpaired) electrons. The van der Waals surface area contributed by atoms with Crippen LogP contribution >= 0.6 is 10.2 Å². The SMILES string of the molecule is FS(F)(F)(F)(F)C#Cc1cnc2c(c(C3CCCCC3)nn2Cc2ccccc2)c1-c1ccccc1. The fourth-order valence-corrected chi connectivity index (χ4v) is 5.15. The van der Waals surface area contributed by atoms with Crippen LogP contribution in [-0.4, -0.2) is 14.8 Å². The molecular formula is C27H24F5N3S. The average Bonchev–Trinajstić information content (AvgIpc) is 3.21. The van der Waals surface area contributed by atoms with Crippen molar-refractivity contribution in [1.82, 2.24) is 14.8 Å². The van der Waals surface area contributed by atoms with Gasteiger partial charge in [0.2, 0.25) is 0 Å². The summed E-state index contributed by atoms with van der Waals surface area (Å²) < 4.78 is 67.5. The molecule has 0 N–H and O–H groups in total. The molecule has 1 aliphatic carbocycles. The van der Waals surface area contributed by atoms with Crippen LogP contribution in [0.5, 0.6) is 0 Å². The monoisotopic (exact) mass is 517 g/mol. The van der Waals surface area contributed by atoms with Gasteiger partial charge < -0.3 is 0 Å². The second-order valence-electron chi connectivity index (χ2n) is 9.17. The van der Waals surface area contributed by atoms with Gasteiger partial charge in [-0.25, -0.2) is 9.67 Å². The summed E-state index contributed by atoms with van der Waals surface area (Å²) in [6, 6.07) is 18.4. The highest BCUT2D eigenvalue weighted by Gasteiger charge is 2.62. The van der Waals surface area contributed by atoms with Gasteiger partial charge in [-0.15, -0.1) is 0 Å². The molecule has 5 rings (SSSR count). The van der Waals surface area contributed by atoms with Gasteiger partial charge in [0, 0.05) is 17.7 Å². The first-order valence-electron chi connectivity index (χ1n) is 11.7. The summed E-state index contributed by atoms with van der Waals surface area (Å²) in [5, 5.41) is 5.88. The maximum Gasteiger partial charge on any atom is 0.345 e. The minimum atomic E-state index is -9.95. The Morgan fingerprint density at radius 1 is 0.861 bits per heavy atom. The molecule has 36 heavy (non-hydrogen) atoms. The smallest absolute Gasteiger partial charge is 0.243 e. The highest BCUT2D eigenvalue weighted by atomic mass is 32.5. The van der Waals surface area contributed by atoms with E-state index < -0.39 is 10.2 Å². The molecule has 0 spiro atoms. The van der Waals surface area contributed by atoms with Gasteiger partial charge >= 0.3 is 10.2 Å². The van der Waals surface area contributed by atoms with Crippen molar-refractivity contribution in [1.29, 1.82) is 0 Å². The molecule has 1 saturated carbocycles. The highest BCUT2D eigenvalue weighted by molar-refractivity contribution is 8.49. The van der Waals surface area contributed by atoms with Crippen LogP contribution in [0, 0.1) is 11.2 Å². The van der Waals surface area contributed by atoms with Crippen LogP contribution in [0.25, 0.3) is 22.2 Å². The summed E-state index contributed by atoms with van der Waals surface area (Å²) in [4.78, 5) is 4.42. The van der Waals surface area contributed by atoms with Crippen LogP contribution in [0.2, 0.25) is 0 Å². The quantitative estimate of drug-likeness (QED) is 0.200. The van der Waals surface area contributed by atoms with Gasteiger partial charge in [-0.2, -0.15) is 5.10 Å². The lowest BCUT2D eigenvalue weighted by atomic mass is 9.84. The van der Waals surface area contributed by atoms with E-state index in [-0.39, 0.29) is 11.5 Å². The van der Waals surface area contributed by atoms with Crippen molar-refractivity contribution < 1.29 is 19.4 Å². The number of fused-ring (bicyclic) bond motifs is 1. The number of pyridine rings is 1. The number of nitrogens with zero attached hydrogens (tertiary/aromatic N) is 3. The molecule has 2 aromatic heterocycles. The van der Waals surface area contributed by atoms with Crippen molar-refractivity contribution in [2.75, 3.05) is 0 Å². The highest BCUT2D eigenvalue weighted by Crippen LogP contribution is 2.97. The molecule has 0 saturated heterocycles.